The lowest BCUT2D eigenvalue weighted by Gasteiger charge is -2.33. The standard InChI is InChI=1S/C30H37N3O5S/c1-6-28(30(35)31-7-2)32(20-24-15-11-22(3)12-16-24)29(34)21-33(25-9-8-10-26(19-25)38-5)39(36,37)27-17-13-23(4)14-18-27/h8-19,28H,6-7,20-21H2,1-5H3,(H,31,35)/t28-/m0/s1. The van der Waals surface area contributed by atoms with Crippen molar-refractivity contribution in [2.75, 3.05) is 24.5 Å². The van der Waals surface area contributed by atoms with Crippen molar-refractivity contribution in [1.82, 2.24) is 10.2 Å². The van der Waals surface area contributed by atoms with Gasteiger partial charge in [-0.3, -0.25) is 13.9 Å². The number of carbonyl (C=O) groups excluding carboxylic acids is 2. The molecule has 0 aromatic heterocycles. The Morgan fingerprint density at radius 1 is 0.923 bits per heavy atom. The van der Waals surface area contributed by atoms with Gasteiger partial charge in [0.15, 0.2) is 0 Å². The molecule has 0 aliphatic carbocycles. The van der Waals surface area contributed by atoms with Crippen LogP contribution in [0, 0.1) is 13.8 Å². The van der Waals surface area contributed by atoms with E-state index in [0.29, 0.717) is 18.7 Å². The highest BCUT2D eigenvalue weighted by Gasteiger charge is 2.33. The maximum atomic E-state index is 14.0. The normalized spacial score (nSPS) is 11.9. The number of anilines is 1. The Balaban J connectivity index is 2.07. The molecule has 39 heavy (non-hydrogen) atoms. The van der Waals surface area contributed by atoms with E-state index in [1.165, 1.54) is 24.1 Å². The van der Waals surface area contributed by atoms with Crippen LogP contribution in [0.1, 0.15) is 37.0 Å². The topological polar surface area (TPSA) is 96.0 Å². The molecule has 0 saturated heterocycles. The van der Waals surface area contributed by atoms with Gasteiger partial charge in [-0.05, 0) is 57.0 Å². The Labute approximate surface area is 231 Å². The van der Waals surface area contributed by atoms with Gasteiger partial charge in [-0.2, -0.15) is 0 Å². The van der Waals surface area contributed by atoms with E-state index in [1.54, 1.807) is 36.4 Å². The van der Waals surface area contributed by atoms with Gasteiger partial charge in [0, 0.05) is 19.2 Å². The average Bonchev–Trinajstić information content (AvgIpc) is 2.92. The molecule has 3 aromatic carbocycles. The lowest BCUT2D eigenvalue weighted by molar-refractivity contribution is -0.140. The molecular weight excluding hydrogens is 514 g/mol. The number of nitrogens with zero attached hydrogens (tertiary/aromatic N) is 2. The van der Waals surface area contributed by atoms with Gasteiger partial charge in [-0.25, -0.2) is 8.42 Å². The maximum Gasteiger partial charge on any atom is 0.264 e. The van der Waals surface area contributed by atoms with Crippen LogP contribution in [0.2, 0.25) is 0 Å². The first-order valence-corrected chi connectivity index (χ1v) is 14.4. The van der Waals surface area contributed by atoms with E-state index in [0.717, 1.165) is 21.0 Å². The van der Waals surface area contributed by atoms with Gasteiger partial charge in [0.2, 0.25) is 11.8 Å². The van der Waals surface area contributed by atoms with Crippen LogP contribution >= 0.6 is 0 Å². The van der Waals surface area contributed by atoms with Crippen LogP contribution < -0.4 is 14.4 Å². The van der Waals surface area contributed by atoms with Crippen molar-refractivity contribution in [3.63, 3.8) is 0 Å². The fourth-order valence-corrected chi connectivity index (χ4v) is 5.64. The maximum absolute atomic E-state index is 14.0. The third kappa shape index (κ3) is 7.38. The SMILES string of the molecule is CCNC(=O)[C@H](CC)N(Cc1ccc(C)cc1)C(=O)CN(c1cccc(OC)c1)S(=O)(=O)c1ccc(C)cc1. The van der Waals surface area contributed by atoms with Crippen LogP contribution in [0.5, 0.6) is 5.75 Å². The Kier molecular flexibility index (Phi) is 10.1. The van der Waals surface area contributed by atoms with Crippen molar-refractivity contribution in [3.05, 3.63) is 89.5 Å². The van der Waals surface area contributed by atoms with Gasteiger partial charge in [-0.1, -0.05) is 60.5 Å². The van der Waals surface area contributed by atoms with Crippen LogP contribution in [0.25, 0.3) is 0 Å². The minimum Gasteiger partial charge on any atom is -0.497 e. The van der Waals surface area contributed by atoms with Crippen LogP contribution in [-0.2, 0) is 26.2 Å². The average molecular weight is 552 g/mol. The Bertz CT molecular complexity index is 1370. The summed E-state index contributed by atoms with van der Waals surface area (Å²) >= 11 is 0. The zero-order valence-corrected chi connectivity index (χ0v) is 24.0. The molecule has 8 nitrogen and oxygen atoms in total. The van der Waals surface area contributed by atoms with E-state index in [9.17, 15) is 18.0 Å². The van der Waals surface area contributed by atoms with E-state index >= 15 is 0 Å². The lowest BCUT2D eigenvalue weighted by atomic mass is 10.1. The second-order valence-corrected chi connectivity index (χ2v) is 11.2. The van der Waals surface area contributed by atoms with E-state index in [2.05, 4.69) is 5.32 Å². The number of aryl methyl sites for hydroxylation is 2. The second kappa shape index (κ2) is 13.3. The van der Waals surface area contributed by atoms with Gasteiger partial charge in [0.05, 0.1) is 17.7 Å². The molecule has 0 aliphatic heterocycles. The summed E-state index contributed by atoms with van der Waals surface area (Å²) in [5, 5.41) is 2.81. The fourth-order valence-electron chi connectivity index (χ4n) is 4.23. The van der Waals surface area contributed by atoms with Crippen molar-refractivity contribution >= 4 is 27.5 Å². The molecular formula is C30H37N3O5S. The first-order chi connectivity index (χ1) is 18.6. The Hall–Kier alpha value is -3.85. The Morgan fingerprint density at radius 2 is 1.54 bits per heavy atom. The molecule has 0 radical (unpaired) electrons. The van der Waals surface area contributed by atoms with E-state index in [1.807, 2.05) is 52.0 Å². The first kappa shape index (κ1) is 29.7. The molecule has 208 valence electrons. The molecule has 3 aromatic rings. The monoisotopic (exact) mass is 551 g/mol. The number of hydrogen-bond donors (Lipinski definition) is 1. The third-order valence-electron chi connectivity index (χ3n) is 6.44. The quantitative estimate of drug-likeness (QED) is 0.359. The summed E-state index contributed by atoms with van der Waals surface area (Å²) in [6.45, 7) is 7.57. The molecule has 2 amide bonds. The van der Waals surface area contributed by atoms with E-state index in [4.69, 9.17) is 4.74 Å². The van der Waals surface area contributed by atoms with Crippen molar-refractivity contribution in [1.29, 1.82) is 0 Å². The van der Waals surface area contributed by atoms with Gasteiger partial charge in [0.25, 0.3) is 10.0 Å². The summed E-state index contributed by atoms with van der Waals surface area (Å²) < 4.78 is 34.2. The summed E-state index contributed by atoms with van der Waals surface area (Å²) in [4.78, 5) is 28.5. The number of nitrogens with one attached hydrogen (secondary N) is 1. The van der Waals surface area contributed by atoms with Gasteiger partial charge in [0.1, 0.15) is 18.3 Å². The largest absolute Gasteiger partial charge is 0.497 e. The van der Waals surface area contributed by atoms with E-state index in [-0.39, 0.29) is 23.0 Å². The molecule has 0 spiro atoms. The van der Waals surface area contributed by atoms with Crippen molar-refractivity contribution in [2.24, 2.45) is 0 Å². The van der Waals surface area contributed by atoms with E-state index < -0.39 is 28.5 Å². The highest BCUT2D eigenvalue weighted by Crippen LogP contribution is 2.28. The second-order valence-electron chi connectivity index (χ2n) is 9.35. The highest BCUT2D eigenvalue weighted by atomic mass is 32.2. The zero-order chi connectivity index (χ0) is 28.6. The highest BCUT2D eigenvalue weighted by molar-refractivity contribution is 7.92. The lowest BCUT2D eigenvalue weighted by Crippen LogP contribution is -2.52. The predicted molar refractivity (Wildman–Crippen MR) is 153 cm³/mol. The summed E-state index contributed by atoms with van der Waals surface area (Å²) in [5.74, 6) is -0.323. The van der Waals surface area contributed by atoms with Crippen LogP contribution in [0.4, 0.5) is 5.69 Å². The minimum atomic E-state index is -4.14. The number of rotatable bonds is 12. The van der Waals surface area contributed by atoms with Gasteiger partial charge in [-0.15, -0.1) is 0 Å². The minimum absolute atomic E-state index is 0.0598. The fraction of sp³-hybridized carbons (Fsp3) is 0.333. The molecule has 0 bridgehead atoms. The van der Waals surface area contributed by atoms with Crippen molar-refractivity contribution < 1.29 is 22.7 Å². The number of carbonyl (C=O) groups is 2. The summed E-state index contributed by atoms with van der Waals surface area (Å²) in [7, 11) is -2.65. The predicted octanol–water partition coefficient (Wildman–Crippen LogP) is 4.45. The molecule has 1 atom stereocenters. The molecule has 3 rings (SSSR count). The van der Waals surface area contributed by atoms with Crippen molar-refractivity contribution in [3.8, 4) is 5.75 Å². The molecule has 0 unspecified atom stereocenters. The number of ether oxygens (including phenoxy) is 1. The molecule has 1 N–H and O–H groups in total. The third-order valence-corrected chi connectivity index (χ3v) is 8.23. The summed E-state index contributed by atoms with van der Waals surface area (Å²) in [5.41, 5.74) is 3.10. The molecule has 0 fully saturated rings. The summed E-state index contributed by atoms with van der Waals surface area (Å²) in [6, 6.07) is 20.0. The summed E-state index contributed by atoms with van der Waals surface area (Å²) in [6.07, 6.45) is 0.368. The van der Waals surface area contributed by atoms with Crippen molar-refractivity contribution in [2.45, 2.75) is 51.6 Å². The molecule has 9 heteroatoms. The molecule has 0 heterocycles. The van der Waals surface area contributed by atoms with Crippen LogP contribution in [0.15, 0.2) is 77.7 Å². The zero-order valence-electron chi connectivity index (χ0n) is 23.2. The number of likely N-dealkylation sites (N-methyl/N-ethyl adjacent to an activating group) is 1. The number of hydrogen-bond acceptors (Lipinski definition) is 5. The first-order valence-electron chi connectivity index (χ1n) is 13.0. The number of methoxy groups -OCH3 is 1. The van der Waals surface area contributed by atoms with Crippen LogP contribution in [0.3, 0.4) is 0 Å². The van der Waals surface area contributed by atoms with Crippen LogP contribution in [-0.4, -0.2) is 51.4 Å². The van der Waals surface area contributed by atoms with Gasteiger partial charge >= 0.3 is 0 Å². The molecule has 0 aliphatic rings. The smallest absolute Gasteiger partial charge is 0.264 e. The number of amides is 2. The number of sulfonamides is 1. The van der Waals surface area contributed by atoms with Gasteiger partial charge < -0.3 is 15.0 Å². The Morgan fingerprint density at radius 3 is 2.10 bits per heavy atom. The molecule has 0 saturated carbocycles. The number of benzene rings is 3.